The second-order valence-corrected chi connectivity index (χ2v) is 6.55. The number of amides is 1. The van der Waals surface area contributed by atoms with Crippen molar-refractivity contribution in [1.82, 2.24) is 20.1 Å². The molecule has 1 atom stereocenters. The summed E-state index contributed by atoms with van der Waals surface area (Å²) in [7, 11) is 1.62. The molecular formula is C17H18N4O3S. The van der Waals surface area contributed by atoms with Crippen molar-refractivity contribution in [1.29, 1.82) is 0 Å². The summed E-state index contributed by atoms with van der Waals surface area (Å²) < 4.78 is 12.3. The van der Waals surface area contributed by atoms with E-state index in [9.17, 15) is 4.79 Å². The quantitative estimate of drug-likeness (QED) is 0.654. The summed E-state index contributed by atoms with van der Waals surface area (Å²) >= 11 is 1.34. The van der Waals surface area contributed by atoms with Crippen molar-refractivity contribution in [2.24, 2.45) is 0 Å². The number of carbonyl (C=O) groups is 1. The number of rotatable bonds is 7. The number of methoxy groups -OCH3 is 1. The van der Waals surface area contributed by atoms with Gasteiger partial charge in [0.15, 0.2) is 5.16 Å². The Balaban J connectivity index is 1.66. The molecule has 3 rings (SSSR count). The van der Waals surface area contributed by atoms with Gasteiger partial charge in [0.05, 0.1) is 30.9 Å². The molecule has 0 fully saturated rings. The lowest BCUT2D eigenvalue weighted by Crippen LogP contribution is -2.30. The molecule has 130 valence electrons. The number of benzene rings is 1. The lowest BCUT2D eigenvalue weighted by molar-refractivity contribution is -0.120. The molecule has 0 aliphatic carbocycles. The lowest BCUT2D eigenvalue weighted by Gasteiger charge is -2.12. The van der Waals surface area contributed by atoms with E-state index in [1.807, 2.05) is 41.8 Å². The van der Waals surface area contributed by atoms with Crippen molar-refractivity contribution in [2.75, 3.05) is 7.11 Å². The minimum atomic E-state index is -0.330. The predicted octanol–water partition coefficient (Wildman–Crippen LogP) is 2.67. The smallest absolute Gasteiger partial charge is 0.233 e. The molecule has 3 aromatic rings. The number of nitrogens with one attached hydrogen (secondary N) is 1. The van der Waals surface area contributed by atoms with Gasteiger partial charge in [0, 0.05) is 6.07 Å². The van der Waals surface area contributed by atoms with Gasteiger partial charge in [-0.3, -0.25) is 9.36 Å². The third kappa shape index (κ3) is 4.21. The van der Waals surface area contributed by atoms with Crippen molar-refractivity contribution < 1.29 is 13.9 Å². The number of aromatic nitrogens is 3. The monoisotopic (exact) mass is 358 g/mol. The van der Waals surface area contributed by atoms with Gasteiger partial charge in [0.25, 0.3) is 0 Å². The van der Waals surface area contributed by atoms with Crippen LogP contribution in [-0.2, 0) is 11.3 Å². The Kier molecular flexibility index (Phi) is 5.39. The van der Waals surface area contributed by atoms with Gasteiger partial charge in [-0.05, 0) is 31.2 Å². The second kappa shape index (κ2) is 7.89. The van der Waals surface area contributed by atoms with Crippen LogP contribution in [0.25, 0.3) is 5.69 Å². The molecule has 0 bridgehead atoms. The Morgan fingerprint density at radius 3 is 3.04 bits per heavy atom. The highest BCUT2D eigenvalue weighted by molar-refractivity contribution is 8.00. The van der Waals surface area contributed by atoms with Gasteiger partial charge in [-0.1, -0.05) is 17.8 Å². The van der Waals surface area contributed by atoms with Crippen LogP contribution in [0.4, 0.5) is 0 Å². The molecule has 0 aliphatic heterocycles. The van der Waals surface area contributed by atoms with Crippen LogP contribution in [0.3, 0.4) is 0 Å². The maximum atomic E-state index is 12.3. The van der Waals surface area contributed by atoms with Gasteiger partial charge < -0.3 is 14.5 Å². The minimum Gasteiger partial charge on any atom is -0.497 e. The first-order valence-electron chi connectivity index (χ1n) is 7.68. The average molecular weight is 358 g/mol. The number of hydrogen-bond acceptors (Lipinski definition) is 6. The molecule has 2 heterocycles. The Bertz CT molecular complexity index is 832. The second-order valence-electron chi connectivity index (χ2n) is 5.24. The first-order chi connectivity index (χ1) is 12.2. The number of furan rings is 1. The van der Waals surface area contributed by atoms with E-state index < -0.39 is 0 Å². The number of nitrogens with zero attached hydrogens (tertiary/aromatic N) is 3. The van der Waals surface area contributed by atoms with Crippen molar-refractivity contribution >= 4 is 17.7 Å². The molecule has 8 heteroatoms. The van der Waals surface area contributed by atoms with Crippen molar-refractivity contribution in [3.05, 3.63) is 54.7 Å². The normalized spacial score (nSPS) is 11.9. The predicted molar refractivity (Wildman–Crippen MR) is 93.8 cm³/mol. The molecule has 1 unspecified atom stereocenters. The maximum absolute atomic E-state index is 12.3. The number of hydrogen-bond donors (Lipinski definition) is 1. The van der Waals surface area contributed by atoms with Crippen LogP contribution in [0, 0.1) is 0 Å². The third-order valence-electron chi connectivity index (χ3n) is 3.52. The van der Waals surface area contributed by atoms with Crippen LogP contribution in [-0.4, -0.2) is 33.0 Å². The van der Waals surface area contributed by atoms with Crippen LogP contribution in [0.5, 0.6) is 5.75 Å². The minimum absolute atomic E-state index is 0.0957. The van der Waals surface area contributed by atoms with Gasteiger partial charge in [-0.25, -0.2) is 0 Å². The van der Waals surface area contributed by atoms with E-state index in [1.54, 1.807) is 25.8 Å². The highest BCUT2D eigenvalue weighted by atomic mass is 32.2. The van der Waals surface area contributed by atoms with Crippen LogP contribution in [0.2, 0.25) is 0 Å². The topological polar surface area (TPSA) is 82.2 Å². The molecule has 0 spiro atoms. The first kappa shape index (κ1) is 17.1. The third-order valence-corrected chi connectivity index (χ3v) is 4.57. The van der Waals surface area contributed by atoms with Crippen molar-refractivity contribution in [3.8, 4) is 11.4 Å². The van der Waals surface area contributed by atoms with E-state index in [-0.39, 0.29) is 11.2 Å². The van der Waals surface area contributed by atoms with Gasteiger partial charge in [0.2, 0.25) is 5.91 Å². The van der Waals surface area contributed by atoms with E-state index in [1.165, 1.54) is 11.8 Å². The van der Waals surface area contributed by atoms with Crippen LogP contribution >= 0.6 is 11.8 Å². The van der Waals surface area contributed by atoms with Gasteiger partial charge in [0.1, 0.15) is 17.8 Å². The summed E-state index contributed by atoms with van der Waals surface area (Å²) in [6.07, 6.45) is 3.20. The molecule has 7 nitrogen and oxygen atoms in total. The SMILES string of the molecule is COc1cccc(-n2cnnc2SC(C)C(=O)NCc2ccco2)c1. The summed E-state index contributed by atoms with van der Waals surface area (Å²) in [5.41, 5.74) is 0.870. The number of ether oxygens (including phenoxy) is 1. The van der Waals surface area contributed by atoms with Crippen molar-refractivity contribution in [3.63, 3.8) is 0 Å². The maximum Gasteiger partial charge on any atom is 0.233 e. The summed E-state index contributed by atoms with van der Waals surface area (Å²) in [6, 6.07) is 11.2. The van der Waals surface area contributed by atoms with Crippen molar-refractivity contribution in [2.45, 2.75) is 23.9 Å². The van der Waals surface area contributed by atoms with E-state index in [0.717, 1.165) is 11.4 Å². The summed E-state index contributed by atoms with van der Waals surface area (Å²) in [5.74, 6) is 1.36. The molecule has 25 heavy (non-hydrogen) atoms. The van der Waals surface area contributed by atoms with E-state index >= 15 is 0 Å². The molecular weight excluding hydrogens is 340 g/mol. The Morgan fingerprint density at radius 2 is 2.28 bits per heavy atom. The lowest BCUT2D eigenvalue weighted by atomic mass is 10.3. The van der Waals surface area contributed by atoms with Gasteiger partial charge in [-0.2, -0.15) is 0 Å². The van der Waals surface area contributed by atoms with E-state index in [4.69, 9.17) is 9.15 Å². The standard InChI is InChI=1S/C17H18N4O3S/c1-12(16(22)18-10-15-7-4-8-24-15)25-17-20-19-11-21(17)13-5-3-6-14(9-13)23-2/h3-9,11-12H,10H2,1-2H3,(H,18,22). The largest absolute Gasteiger partial charge is 0.497 e. The Morgan fingerprint density at radius 1 is 1.40 bits per heavy atom. The molecule has 1 aromatic carbocycles. The Hall–Kier alpha value is -2.74. The van der Waals surface area contributed by atoms with Crippen LogP contribution < -0.4 is 10.1 Å². The molecule has 0 radical (unpaired) electrons. The highest BCUT2D eigenvalue weighted by Gasteiger charge is 2.18. The van der Waals surface area contributed by atoms with Crippen LogP contribution in [0.1, 0.15) is 12.7 Å². The van der Waals surface area contributed by atoms with Gasteiger partial charge >= 0.3 is 0 Å². The fourth-order valence-electron chi connectivity index (χ4n) is 2.18. The molecule has 2 aromatic heterocycles. The van der Waals surface area contributed by atoms with Crippen LogP contribution in [0.15, 0.2) is 58.6 Å². The molecule has 0 saturated heterocycles. The first-order valence-corrected chi connectivity index (χ1v) is 8.56. The summed E-state index contributed by atoms with van der Waals surface area (Å²) in [4.78, 5) is 12.3. The van der Waals surface area contributed by atoms with E-state index in [2.05, 4.69) is 15.5 Å². The zero-order valence-corrected chi connectivity index (χ0v) is 14.7. The highest BCUT2D eigenvalue weighted by Crippen LogP contribution is 2.25. The summed E-state index contributed by atoms with van der Waals surface area (Å²) in [5, 5.41) is 11.2. The fourth-order valence-corrected chi connectivity index (χ4v) is 3.05. The molecule has 0 saturated carbocycles. The van der Waals surface area contributed by atoms with E-state index in [0.29, 0.717) is 17.5 Å². The molecule has 1 amide bonds. The van der Waals surface area contributed by atoms with Gasteiger partial charge in [-0.15, -0.1) is 10.2 Å². The fraction of sp³-hybridized carbons (Fsp3) is 0.235. The Labute approximate surface area is 149 Å². The zero-order chi connectivity index (χ0) is 17.6. The molecule has 1 N–H and O–H groups in total. The number of carbonyl (C=O) groups excluding carboxylic acids is 1. The average Bonchev–Trinajstić information content (AvgIpc) is 3.31. The molecule has 0 aliphatic rings. The summed E-state index contributed by atoms with van der Waals surface area (Å²) in [6.45, 7) is 2.19. The number of thioether (sulfide) groups is 1. The zero-order valence-electron chi connectivity index (χ0n) is 13.9.